The first-order chi connectivity index (χ1) is 16.3. The number of carbonyl (C=O) groups excluding carboxylic acids is 1. The van der Waals surface area contributed by atoms with E-state index in [1.807, 2.05) is 24.3 Å². The Morgan fingerprint density at radius 1 is 1.21 bits per heavy atom. The van der Waals surface area contributed by atoms with Gasteiger partial charge in [0.25, 0.3) is 0 Å². The molecule has 5 heteroatoms. The first kappa shape index (κ1) is 24.5. The van der Waals surface area contributed by atoms with Crippen molar-refractivity contribution in [3.05, 3.63) is 64.2 Å². The fraction of sp³-hybridized carbons (Fsp3) is 0.517. The predicted molar refractivity (Wildman–Crippen MR) is 141 cm³/mol. The van der Waals surface area contributed by atoms with E-state index in [1.54, 1.807) is 0 Å². The van der Waals surface area contributed by atoms with Crippen molar-refractivity contribution in [3.8, 4) is 0 Å². The van der Waals surface area contributed by atoms with Crippen LogP contribution in [0.15, 0.2) is 36.4 Å². The fourth-order valence-electron chi connectivity index (χ4n) is 6.11. The molecular weight excluding hydrogens is 420 g/mol. The number of likely N-dealkylation sites (tertiary alicyclic amines) is 1. The minimum atomic E-state index is -0.281. The molecule has 182 valence electrons. The molecule has 0 radical (unpaired) electrons. The molecule has 34 heavy (non-hydrogen) atoms. The number of amidine groups is 1. The lowest BCUT2D eigenvalue weighted by atomic mass is 9.80. The number of hydrogen-bond acceptors (Lipinski definition) is 3. The number of nitrogen functional groups attached to an aromatic ring is 1. The fourth-order valence-corrected chi connectivity index (χ4v) is 6.11. The molecule has 0 bridgehead atoms. The number of nitrogens with two attached hydrogens (primary N) is 1. The van der Waals surface area contributed by atoms with Crippen molar-refractivity contribution in [2.45, 2.75) is 96.7 Å². The van der Waals surface area contributed by atoms with Crippen LogP contribution in [-0.2, 0) is 11.2 Å². The summed E-state index contributed by atoms with van der Waals surface area (Å²) in [6.07, 6.45) is 7.99. The highest BCUT2D eigenvalue weighted by atomic mass is 16.1. The van der Waals surface area contributed by atoms with Gasteiger partial charge >= 0.3 is 0 Å². The summed E-state index contributed by atoms with van der Waals surface area (Å²) in [5, 5.41) is 11.0. The first-order valence-corrected chi connectivity index (χ1v) is 13.0. The van der Waals surface area contributed by atoms with E-state index in [-0.39, 0.29) is 17.7 Å². The molecule has 5 nitrogen and oxygen atoms in total. The number of unbranched alkanes of at least 4 members (excludes halogenated alkanes) is 1. The zero-order valence-electron chi connectivity index (χ0n) is 21.2. The Labute approximate surface area is 204 Å². The molecule has 1 amide bonds. The van der Waals surface area contributed by atoms with Crippen LogP contribution >= 0.6 is 0 Å². The van der Waals surface area contributed by atoms with Gasteiger partial charge in [-0.05, 0) is 80.8 Å². The summed E-state index contributed by atoms with van der Waals surface area (Å²) in [4.78, 5) is 16.0. The zero-order chi connectivity index (χ0) is 24.4. The van der Waals surface area contributed by atoms with Gasteiger partial charge in [0, 0.05) is 29.4 Å². The standard InChI is InChI=1S/C29H40N4O/c1-5-6-13-27(33-19(3)9-7-10-20(33)4)25-14-18(2)15-26-24(25)17-23(29(34)32-26)21-11-8-12-22(16-21)28(30)31/h8,11-12,14-16,19-20,23,27H,5-7,9-10,13,17H2,1-4H3,(H3,30,31)(H,32,34). The highest BCUT2D eigenvalue weighted by Gasteiger charge is 2.36. The van der Waals surface area contributed by atoms with E-state index in [4.69, 9.17) is 11.1 Å². The van der Waals surface area contributed by atoms with Gasteiger partial charge in [-0.15, -0.1) is 0 Å². The van der Waals surface area contributed by atoms with Crippen LogP contribution in [0, 0.1) is 12.3 Å². The molecule has 4 rings (SSSR count). The third-order valence-electron chi connectivity index (χ3n) is 7.82. The number of nitrogens with one attached hydrogen (secondary N) is 2. The van der Waals surface area contributed by atoms with E-state index in [0.717, 1.165) is 17.7 Å². The van der Waals surface area contributed by atoms with Crippen LogP contribution in [0.5, 0.6) is 0 Å². The lowest BCUT2D eigenvalue weighted by Gasteiger charge is -2.45. The Balaban J connectivity index is 1.77. The predicted octanol–water partition coefficient (Wildman–Crippen LogP) is 6.05. The maximum atomic E-state index is 13.2. The summed E-state index contributed by atoms with van der Waals surface area (Å²) in [6.45, 7) is 9.17. The Kier molecular flexibility index (Phi) is 7.42. The number of amides is 1. The maximum absolute atomic E-state index is 13.2. The molecule has 2 aromatic rings. The molecule has 0 aromatic heterocycles. The van der Waals surface area contributed by atoms with E-state index < -0.39 is 0 Å². The van der Waals surface area contributed by atoms with Crippen molar-refractivity contribution in [3.63, 3.8) is 0 Å². The van der Waals surface area contributed by atoms with Crippen LogP contribution in [0.1, 0.15) is 99.1 Å². The van der Waals surface area contributed by atoms with Gasteiger partial charge in [-0.3, -0.25) is 15.1 Å². The minimum Gasteiger partial charge on any atom is -0.384 e. The maximum Gasteiger partial charge on any atom is 0.232 e. The molecule has 0 saturated carbocycles. The molecule has 2 heterocycles. The van der Waals surface area contributed by atoms with Gasteiger partial charge in [-0.1, -0.05) is 50.5 Å². The van der Waals surface area contributed by atoms with E-state index in [0.29, 0.717) is 30.1 Å². The van der Waals surface area contributed by atoms with Crippen LogP contribution < -0.4 is 11.1 Å². The number of nitrogens with zero attached hydrogens (tertiary/aromatic N) is 1. The van der Waals surface area contributed by atoms with Crippen molar-refractivity contribution < 1.29 is 4.79 Å². The monoisotopic (exact) mass is 460 g/mol. The highest BCUT2D eigenvalue weighted by Crippen LogP contribution is 2.42. The van der Waals surface area contributed by atoms with Gasteiger partial charge < -0.3 is 11.1 Å². The van der Waals surface area contributed by atoms with E-state index >= 15 is 0 Å². The van der Waals surface area contributed by atoms with Gasteiger partial charge in [-0.25, -0.2) is 0 Å². The number of rotatable bonds is 7. The van der Waals surface area contributed by atoms with Gasteiger partial charge in [0.05, 0.1) is 5.92 Å². The molecule has 2 aliphatic rings. The van der Waals surface area contributed by atoms with Crippen molar-refractivity contribution in [1.29, 1.82) is 5.41 Å². The molecule has 4 unspecified atom stereocenters. The van der Waals surface area contributed by atoms with Crippen molar-refractivity contribution in [1.82, 2.24) is 4.90 Å². The summed E-state index contributed by atoms with van der Waals surface area (Å²) in [5.74, 6) is -0.228. The number of anilines is 1. The number of benzene rings is 2. The van der Waals surface area contributed by atoms with E-state index in [2.05, 4.69) is 50.0 Å². The van der Waals surface area contributed by atoms with Gasteiger partial charge in [0.2, 0.25) is 5.91 Å². The smallest absolute Gasteiger partial charge is 0.232 e. The summed E-state index contributed by atoms with van der Waals surface area (Å²) >= 11 is 0. The van der Waals surface area contributed by atoms with Crippen LogP contribution in [0.25, 0.3) is 0 Å². The van der Waals surface area contributed by atoms with Gasteiger partial charge in [0.15, 0.2) is 0 Å². The molecule has 2 aromatic carbocycles. The largest absolute Gasteiger partial charge is 0.384 e. The molecule has 0 aliphatic carbocycles. The zero-order valence-corrected chi connectivity index (χ0v) is 21.2. The molecule has 4 atom stereocenters. The highest BCUT2D eigenvalue weighted by molar-refractivity contribution is 6.00. The van der Waals surface area contributed by atoms with Crippen LogP contribution in [0.3, 0.4) is 0 Å². The number of fused-ring (bicyclic) bond motifs is 1. The minimum absolute atomic E-state index is 0.0227. The van der Waals surface area contributed by atoms with Crippen molar-refractivity contribution in [2.75, 3.05) is 5.32 Å². The number of piperidine rings is 1. The quantitative estimate of drug-likeness (QED) is 0.347. The Bertz CT molecular complexity index is 1050. The second-order valence-corrected chi connectivity index (χ2v) is 10.4. The summed E-state index contributed by atoms with van der Waals surface area (Å²) in [5.41, 5.74) is 12.2. The average molecular weight is 461 g/mol. The number of aryl methyl sites for hydroxylation is 1. The van der Waals surface area contributed by atoms with Gasteiger partial charge in [0.1, 0.15) is 5.84 Å². The molecule has 0 spiro atoms. The van der Waals surface area contributed by atoms with Crippen LogP contribution in [0.4, 0.5) is 5.69 Å². The third-order valence-corrected chi connectivity index (χ3v) is 7.82. The van der Waals surface area contributed by atoms with Crippen LogP contribution in [-0.4, -0.2) is 28.7 Å². The molecule has 1 fully saturated rings. The molecule has 1 saturated heterocycles. The summed E-state index contributed by atoms with van der Waals surface area (Å²) in [7, 11) is 0. The molecule has 2 aliphatic heterocycles. The molecule has 4 N–H and O–H groups in total. The summed E-state index contributed by atoms with van der Waals surface area (Å²) in [6, 6.07) is 13.6. The second kappa shape index (κ2) is 10.3. The third kappa shape index (κ3) is 4.90. The lowest BCUT2D eigenvalue weighted by molar-refractivity contribution is -0.117. The number of carbonyl (C=O) groups is 1. The Morgan fingerprint density at radius 3 is 2.62 bits per heavy atom. The normalized spacial score (nSPS) is 23.8. The average Bonchev–Trinajstić information content (AvgIpc) is 2.80. The van der Waals surface area contributed by atoms with Crippen molar-refractivity contribution in [2.24, 2.45) is 5.73 Å². The van der Waals surface area contributed by atoms with Crippen LogP contribution in [0.2, 0.25) is 0 Å². The summed E-state index contributed by atoms with van der Waals surface area (Å²) < 4.78 is 0. The first-order valence-electron chi connectivity index (χ1n) is 13.0. The second-order valence-electron chi connectivity index (χ2n) is 10.4. The van der Waals surface area contributed by atoms with Crippen molar-refractivity contribution >= 4 is 17.4 Å². The van der Waals surface area contributed by atoms with E-state index in [1.165, 1.54) is 48.8 Å². The molecular formula is C29H40N4O. The SMILES string of the molecule is CCCCC(c1cc(C)cc2c1CC(c1cccc(C(=N)N)c1)C(=O)N2)N1C(C)CCCC1C. The Hall–Kier alpha value is -2.66. The number of hydrogen-bond donors (Lipinski definition) is 3. The lowest BCUT2D eigenvalue weighted by Crippen LogP contribution is -2.46. The van der Waals surface area contributed by atoms with Gasteiger partial charge in [-0.2, -0.15) is 0 Å². The van der Waals surface area contributed by atoms with E-state index in [9.17, 15) is 4.79 Å². The Morgan fingerprint density at radius 2 is 1.94 bits per heavy atom. The topological polar surface area (TPSA) is 82.2 Å².